The van der Waals surface area contributed by atoms with Gasteiger partial charge in [-0.3, -0.25) is 4.99 Å². The largest absolute Gasteiger partial charge is 0.393 e. The van der Waals surface area contributed by atoms with Crippen LogP contribution in [-0.4, -0.2) is 48.2 Å². The van der Waals surface area contributed by atoms with E-state index in [9.17, 15) is 9.50 Å². The van der Waals surface area contributed by atoms with Crippen LogP contribution in [0.25, 0.3) is 0 Å². The molecule has 1 heterocycles. The van der Waals surface area contributed by atoms with Gasteiger partial charge in [0.2, 0.25) is 0 Å². The molecule has 128 valence electrons. The first-order valence-corrected chi connectivity index (χ1v) is 8.65. The van der Waals surface area contributed by atoms with Crippen molar-refractivity contribution in [3.63, 3.8) is 0 Å². The molecule has 0 aromatic heterocycles. The Morgan fingerprint density at radius 1 is 1.30 bits per heavy atom. The molecule has 1 aromatic carbocycles. The van der Waals surface area contributed by atoms with Crippen molar-refractivity contribution < 1.29 is 9.50 Å². The van der Waals surface area contributed by atoms with Gasteiger partial charge in [-0.2, -0.15) is 0 Å². The van der Waals surface area contributed by atoms with Crippen LogP contribution < -0.4 is 5.32 Å². The summed E-state index contributed by atoms with van der Waals surface area (Å²) in [6.07, 6.45) is 4.47. The van der Waals surface area contributed by atoms with Gasteiger partial charge < -0.3 is 15.3 Å². The van der Waals surface area contributed by atoms with E-state index < -0.39 is 0 Å². The second-order valence-corrected chi connectivity index (χ2v) is 6.08. The van der Waals surface area contributed by atoms with Crippen LogP contribution in [0.1, 0.15) is 38.2 Å². The van der Waals surface area contributed by atoms with Crippen LogP contribution in [0, 0.1) is 5.82 Å². The Labute approximate surface area is 138 Å². The van der Waals surface area contributed by atoms with Gasteiger partial charge in [-0.1, -0.05) is 25.5 Å². The molecule has 0 bridgehead atoms. The Bertz CT molecular complexity index is 482. The van der Waals surface area contributed by atoms with Gasteiger partial charge in [-0.25, -0.2) is 4.39 Å². The maximum absolute atomic E-state index is 12.9. The maximum Gasteiger partial charge on any atom is 0.193 e. The molecule has 1 aliphatic rings. The Hall–Kier alpha value is -1.62. The molecule has 0 atom stereocenters. The van der Waals surface area contributed by atoms with E-state index in [1.54, 1.807) is 0 Å². The topological polar surface area (TPSA) is 47.9 Å². The van der Waals surface area contributed by atoms with Crippen LogP contribution in [0.5, 0.6) is 0 Å². The zero-order chi connectivity index (χ0) is 16.5. The number of aliphatic hydroxyl groups is 1. The number of likely N-dealkylation sites (tertiary alicyclic amines) is 1. The lowest BCUT2D eigenvalue weighted by Gasteiger charge is -2.32. The summed E-state index contributed by atoms with van der Waals surface area (Å²) < 4.78 is 12.9. The summed E-state index contributed by atoms with van der Waals surface area (Å²) in [4.78, 5) is 6.93. The fourth-order valence-electron chi connectivity index (χ4n) is 2.66. The first-order chi connectivity index (χ1) is 11.2. The van der Waals surface area contributed by atoms with Gasteiger partial charge in [0.25, 0.3) is 0 Å². The van der Waals surface area contributed by atoms with Gasteiger partial charge in [-0.15, -0.1) is 0 Å². The van der Waals surface area contributed by atoms with E-state index in [4.69, 9.17) is 4.99 Å². The highest BCUT2D eigenvalue weighted by molar-refractivity contribution is 5.80. The molecular formula is C18H28FN3O. The van der Waals surface area contributed by atoms with Gasteiger partial charge >= 0.3 is 0 Å². The Morgan fingerprint density at radius 2 is 2.00 bits per heavy atom. The molecule has 0 unspecified atom stereocenters. The molecular weight excluding hydrogens is 293 g/mol. The SMILES string of the molecule is CCCCN=C(NCCc1ccc(F)cc1)N1CCC(O)CC1. The van der Waals surface area contributed by atoms with Crippen LogP contribution in [0.4, 0.5) is 4.39 Å². The summed E-state index contributed by atoms with van der Waals surface area (Å²) >= 11 is 0. The molecule has 4 nitrogen and oxygen atoms in total. The number of hydrogen-bond donors (Lipinski definition) is 2. The summed E-state index contributed by atoms with van der Waals surface area (Å²) in [5.74, 6) is 0.739. The molecule has 5 heteroatoms. The molecule has 1 fully saturated rings. The zero-order valence-corrected chi connectivity index (χ0v) is 14.0. The minimum Gasteiger partial charge on any atom is -0.393 e. The molecule has 1 aromatic rings. The number of hydrogen-bond acceptors (Lipinski definition) is 2. The van der Waals surface area contributed by atoms with Crippen LogP contribution in [0.3, 0.4) is 0 Å². The summed E-state index contributed by atoms with van der Waals surface area (Å²) in [7, 11) is 0. The van der Waals surface area contributed by atoms with E-state index >= 15 is 0 Å². The number of aliphatic hydroxyl groups excluding tert-OH is 1. The van der Waals surface area contributed by atoms with Gasteiger partial charge in [0.1, 0.15) is 5.82 Å². The molecule has 23 heavy (non-hydrogen) atoms. The quantitative estimate of drug-likeness (QED) is 0.481. The summed E-state index contributed by atoms with van der Waals surface area (Å²) in [5, 5.41) is 13.1. The minimum atomic E-state index is -0.199. The van der Waals surface area contributed by atoms with Crippen LogP contribution >= 0.6 is 0 Å². The molecule has 0 radical (unpaired) electrons. The van der Waals surface area contributed by atoms with Crippen LogP contribution in [-0.2, 0) is 6.42 Å². The van der Waals surface area contributed by atoms with Gasteiger partial charge in [0.05, 0.1) is 6.10 Å². The highest BCUT2D eigenvalue weighted by Crippen LogP contribution is 2.10. The van der Waals surface area contributed by atoms with E-state index in [0.717, 1.165) is 69.8 Å². The number of aliphatic imine (C=N–C) groups is 1. The van der Waals surface area contributed by atoms with Crippen molar-refractivity contribution in [1.29, 1.82) is 0 Å². The molecule has 0 saturated carbocycles. The lowest BCUT2D eigenvalue weighted by molar-refractivity contribution is 0.108. The second kappa shape index (κ2) is 9.50. The monoisotopic (exact) mass is 321 g/mol. The van der Waals surface area contributed by atoms with E-state index in [1.165, 1.54) is 12.1 Å². The van der Waals surface area contributed by atoms with Crippen molar-refractivity contribution in [3.05, 3.63) is 35.6 Å². The fraction of sp³-hybridized carbons (Fsp3) is 0.611. The first-order valence-electron chi connectivity index (χ1n) is 8.65. The lowest BCUT2D eigenvalue weighted by Crippen LogP contribution is -2.47. The number of rotatable bonds is 6. The molecule has 0 spiro atoms. The lowest BCUT2D eigenvalue weighted by atomic mass is 10.1. The van der Waals surface area contributed by atoms with Crippen molar-refractivity contribution in [2.24, 2.45) is 4.99 Å². The molecule has 1 aliphatic heterocycles. The highest BCUT2D eigenvalue weighted by Gasteiger charge is 2.19. The predicted molar refractivity (Wildman–Crippen MR) is 92.1 cm³/mol. The predicted octanol–water partition coefficient (Wildman–Crippen LogP) is 2.57. The van der Waals surface area contributed by atoms with E-state index in [-0.39, 0.29) is 11.9 Å². The number of piperidine rings is 1. The van der Waals surface area contributed by atoms with Crippen molar-refractivity contribution in [2.45, 2.75) is 45.1 Å². The number of nitrogens with one attached hydrogen (secondary N) is 1. The van der Waals surface area contributed by atoms with Crippen molar-refractivity contribution in [1.82, 2.24) is 10.2 Å². The summed E-state index contributed by atoms with van der Waals surface area (Å²) in [6.45, 7) is 5.45. The zero-order valence-electron chi connectivity index (χ0n) is 14.0. The molecule has 2 rings (SSSR count). The van der Waals surface area contributed by atoms with Gasteiger partial charge in [0.15, 0.2) is 5.96 Å². The standard InChI is InChI=1S/C18H28FN3O/c1-2-3-11-20-18(22-13-9-17(23)10-14-22)21-12-8-15-4-6-16(19)7-5-15/h4-7,17,23H,2-3,8-14H2,1H3,(H,20,21). The van der Waals surface area contributed by atoms with E-state index in [0.29, 0.717) is 0 Å². The summed E-state index contributed by atoms with van der Waals surface area (Å²) in [5.41, 5.74) is 1.11. The van der Waals surface area contributed by atoms with Crippen molar-refractivity contribution in [3.8, 4) is 0 Å². The highest BCUT2D eigenvalue weighted by atomic mass is 19.1. The number of guanidine groups is 1. The minimum absolute atomic E-state index is 0.178. The van der Waals surface area contributed by atoms with Crippen molar-refractivity contribution >= 4 is 5.96 Å². The van der Waals surface area contributed by atoms with Crippen LogP contribution in [0.2, 0.25) is 0 Å². The van der Waals surface area contributed by atoms with E-state index in [2.05, 4.69) is 17.1 Å². The third-order valence-electron chi connectivity index (χ3n) is 4.15. The average molecular weight is 321 g/mol. The third kappa shape index (κ3) is 6.18. The molecule has 2 N–H and O–H groups in total. The normalized spacial score (nSPS) is 16.7. The fourth-order valence-corrected chi connectivity index (χ4v) is 2.66. The van der Waals surface area contributed by atoms with Crippen molar-refractivity contribution in [2.75, 3.05) is 26.2 Å². The Kier molecular flexibility index (Phi) is 7.33. The smallest absolute Gasteiger partial charge is 0.193 e. The molecule has 0 aliphatic carbocycles. The number of unbranched alkanes of at least 4 members (excludes halogenated alkanes) is 1. The number of benzene rings is 1. The number of nitrogens with zero attached hydrogens (tertiary/aromatic N) is 2. The third-order valence-corrected chi connectivity index (χ3v) is 4.15. The summed E-state index contributed by atoms with van der Waals surface area (Å²) in [6, 6.07) is 6.64. The molecule has 0 amide bonds. The average Bonchev–Trinajstić information content (AvgIpc) is 2.56. The first kappa shape index (κ1) is 17.7. The van der Waals surface area contributed by atoms with Gasteiger partial charge in [-0.05, 0) is 43.4 Å². The number of halogens is 1. The second-order valence-electron chi connectivity index (χ2n) is 6.08. The Balaban J connectivity index is 1.86. The molecule has 1 saturated heterocycles. The Morgan fingerprint density at radius 3 is 2.65 bits per heavy atom. The van der Waals surface area contributed by atoms with Crippen LogP contribution in [0.15, 0.2) is 29.3 Å². The van der Waals surface area contributed by atoms with E-state index in [1.807, 2.05) is 12.1 Å². The van der Waals surface area contributed by atoms with Gasteiger partial charge in [0, 0.05) is 26.2 Å². The maximum atomic E-state index is 12.9.